The Balaban J connectivity index is 2.67. The molecule has 0 saturated carbocycles. The van der Waals surface area contributed by atoms with E-state index in [1.165, 1.54) is 4.90 Å². The molecule has 0 aromatic carbocycles. The number of amides is 4. The number of carboxylic acids is 1. The Labute approximate surface area is 193 Å². The smallest absolute Gasteiger partial charge is 0.327 e. The third kappa shape index (κ3) is 7.66. The van der Waals surface area contributed by atoms with Crippen molar-refractivity contribution in [3.05, 3.63) is 0 Å². The average molecular weight is 474 g/mol. The Hall–Kier alpha value is -2.34. The van der Waals surface area contributed by atoms with Gasteiger partial charge in [0, 0.05) is 12.3 Å². The molecule has 11 nitrogen and oxygen atoms in total. The van der Waals surface area contributed by atoms with E-state index in [4.69, 9.17) is 10.8 Å². The SMILES string of the molecule is CC(C)[C@H](N)C(=O)N1CCC[C@H]1C(=O)NCC(=O)N[C@H](C(=O)N[C@@H](CS)C(=O)O)C(C)C. The summed E-state index contributed by atoms with van der Waals surface area (Å²) in [4.78, 5) is 62.4. The molecule has 1 aliphatic heterocycles. The zero-order valence-corrected chi connectivity index (χ0v) is 19.9. The molecule has 0 aromatic rings. The van der Waals surface area contributed by atoms with Crippen LogP contribution in [0.4, 0.5) is 0 Å². The van der Waals surface area contributed by atoms with Gasteiger partial charge in [0.25, 0.3) is 0 Å². The molecule has 1 rings (SSSR count). The van der Waals surface area contributed by atoms with Crippen molar-refractivity contribution >= 4 is 42.2 Å². The fourth-order valence-electron chi connectivity index (χ4n) is 3.27. The maximum Gasteiger partial charge on any atom is 0.327 e. The van der Waals surface area contributed by atoms with Gasteiger partial charge in [-0.15, -0.1) is 0 Å². The first-order valence-electron chi connectivity index (χ1n) is 10.7. The maximum absolute atomic E-state index is 12.6. The van der Waals surface area contributed by atoms with Gasteiger partial charge in [0.15, 0.2) is 0 Å². The van der Waals surface area contributed by atoms with Crippen molar-refractivity contribution in [3.63, 3.8) is 0 Å². The van der Waals surface area contributed by atoms with Crippen molar-refractivity contribution in [2.45, 2.75) is 64.7 Å². The summed E-state index contributed by atoms with van der Waals surface area (Å²) in [7, 11) is 0. The maximum atomic E-state index is 12.6. The van der Waals surface area contributed by atoms with E-state index in [1.807, 2.05) is 13.8 Å². The number of hydrogen-bond donors (Lipinski definition) is 6. The summed E-state index contributed by atoms with van der Waals surface area (Å²) >= 11 is 3.90. The fraction of sp³-hybridized carbons (Fsp3) is 0.750. The molecule has 0 bridgehead atoms. The number of nitrogens with one attached hydrogen (secondary N) is 3. The van der Waals surface area contributed by atoms with Crippen molar-refractivity contribution < 1.29 is 29.1 Å². The number of nitrogens with two attached hydrogens (primary N) is 1. The molecule has 32 heavy (non-hydrogen) atoms. The first kappa shape index (κ1) is 27.7. The average Bonchev–Trinajstić information content (AvgIpc) is 3.22. The van der Waals surface area contributed by atoms with Crippen LogP contribution >= 0.6 is 12.6 Å². The van der Waals surface area contributed by atoms with E-state index in [-0.39, 0.29) is 30.0 Å². The van der Waals surface area contributed by atoms with Crippen LogP contribution in [0.1, 0.15) is 40.5 Å². The number of nitrogens with zero attached hydrogens (tertiary/aromatic N) is 1. The lowest BCUT2D eigenvalue weighted by Crippen LogP contribution is -2.56. The van der Waals surface area contributed by atoms with Crippen molar-refractivity contribution in [3.8, 4) is 0 Å². The molecule has 1 heterocycles. The van der Waals surface area contributed by atoms with Crippen LogP contribution in [-0.2, 0) is 24.0 Å². The second kappa shape index (κ2) is 12.6. The monoisotopic (exact) mass is 473 g/mol. The number of carbonyl (C=O) groups excluding carboxylic acids is 4. The van der Waals surface area contributed by atoms with Gasteiger partial charge in [-0.2, -0.15) is 12.6 Å². The largest absolute Gasteiger partial charge is 0.480 e. The summed E-state index contributed by atoms with van der Waals surface area (Å²) < 4.78 is 0. The first-order valence-corrected chi connectivity index (χ1v) is 11.3. The first-order chi connectivity index (χ1) is 14.9. The fourth-order valence-corrected chi connectivity index (χ4v) is 3.52. The number of thiol groups is 1. The predicted octanol–water partition coefficient (Wildman–Crippen LogP) is -1.28. The van der Waals surface area contributed by atoms with E-state index in [2.05, 4.69) is 28.6 Å². The van der Waals surface area contributed by atoms with Gasteiger partial charge in [0.1, 0.15) is 18.1 Å². The summed E-state index contributed by atoms with van der Waals surface area (Å²) in [5, 5.41) is 16.4. The zero-order valence-electron chi connectivity index (χ0n) is 19.0. The molecule has 1 saturated heterocycles. The molecule has 0 unspecified atom stereocenters. The number of aliphatic carboxylic acids is 1. The molecule has 0 spiro atoms. The van der Waals surface area contributed by atoms with Gasteiger partial charge >= 0.3 is 5.97 Å². The predicted molar refractivity (Wildman–Crippen MR) is 121 cm³/mol. The molecular formula is C20H35N5O6S. The molecular weight excluding hydrogens is 438 g/mol. The Morgan fingerprint density at radius 1 is 1.09 bits per heavy atom. The summed E-state index contributed by atoms with van der Waals surface area (Å²) in [6.45, 7) is 7.08. The second-order valence-electron chi connectivity index (χ2n) is 8.55. The molecule has 12 heteroatoms. The third-order valence-electron chi connectivity index (χ3n) is 5.33. The molecule has 4 amide bonds. The van der Waals surface area contributed by atoms with Crippen LogP contribution in [0.15, 0.2) is 0 Å². The molecule has 0 aromatic heterocycles. The highest BCUT2D eigenvalue weighted by Crippen LogP contribution is 2.19. The van der Waals surface area contributed by atoms with Crippen molar-refractivity contribution in [1.82, 2.24) is 20.9 Å². The van der Waals surface area contributed by atoms with Crippen LogP contribution in [-0.4, -0.2) is 82.6 Å². The molecule has 1 fully saturated rings. The third-order valence-corrected chi connectivity index (χ3v) is 5.69. The lowest BCUT2D eigenvalue weighted by atomic mass is 10.0. The standard InChI is InChI=1S/C20H35N5O6S/c1-10(2)15(21)19(29)25-7-5-6-13(25)17(27)22-8-14(26)24-16(11(3)4)18(28)23-12(9-32)20(30)31/h10-13,15-16,32H,5-9,21H2,1-4H3,(H,22,27)(H,23,28)(H,24,26)(H,30,31)/t12-,13-,15-,16-/m0/s1. The van der Waals surface area contributed by atoms with Crippen LogP contribution in [0.2, 0.25) is 0 Å². The Kier molecular flexibility index (Phi) is 10.9. The van der Waals surface area contributed by atoms with Gasteiger partial charge in [-0.3, -0.25) is 19.2 Å². The van der Waals surface area contributed by atoms with Gasteiger partial charge in [-0.05, 0) is 24.7 Å². The lowest BCUT2D eigenvalue weighted by molar-refractivity contribution is -0.141. The number of carboxylic acid groups (broad SMARTS) is 1. The number of carbonyl (C=O) groups is 5. The Morgan fingerprint density at radius 2 is 1.72 bits per heavy atom. The van der Waals surface area contributed by atoms with Gasteiger partial charge in [0.2, 0.25) is 23.6 Å². The van der Waals surface area contributed by atoms with E-state index in [0.29, 0.717) is 19.4 Å². The van der Waals surface area contributed by atoms with E-state index in [0.717, 1.165) is 0 Å². The summed E-state index contributed by atoms with van der Waals surface area (Å²) in [5.74, 6) is -3.76. The summed E-state index contributed by atoms with van der Waals surface area (Å²) in [6, 6.07) is -3.58. The molecule has 0 aliphatic carbocycles. The summed E-state index contributed by atoms with van der Waals surface area (Å²) in [5.41, 5.74) is 5.93. The van der Waals surface area contributed by atoms with E-state index in [9.17, 15) is 24.0 Å². The minimum atomic E-state index is -1.23. The van der Waals surface area contributed by atoms with Gasteiger partial charge in [0.05, 0.1) is 12.6 Å². The molecule has 182 valence electrons. The highest BCUT2D eigenvalue weighted by Gasteiger charge is 2.37. The minimum absolute atomic E-state index is 0.0695. The van der Waals surface area contributed by atoms with Crippen molar-refractivity contribution in [1.29, 1.82) is 0 Å². The molecule has 1 aliphatic rings. The molecule has 0 radical (unpaired) electrons. The van der Waals surface area contributed by atoms with Crippen molar-refractivity contribution in [2.24, 2.45) is 17.6 Å². The normalized spacial score (nSPS) is 18.8. The van der Waals surface area contributed by atoms with Gasteiger partial charge in [-0.1, -0.05) is 27.7 Å². The topological polar surface area (TPSA) is 171 Å². The minimum Gasteiger partial charge on any atom is -0.480 e. The van der Waals surface area contributed by atoms with E-state index >= 15 is 0 Å². The van der Waals surface area contributed by atoms with Crippen molar-refractivity contribution in [2.75, 3.05) is 18.8 Å². The highest BCUT2D eigenvalue weighted by atomic mass is 32.1. The zero-order chi connectivity index (χ0) is 24.6. The van der Waals surface area contributed by atoms with E-state index in [1.54, 1.807) is 13.8 Å². The van der Waals surface area contributed by atoms with E-state index < -0.39 is 47.9 Å². The second-order valence-corrected chi connectivity index (χ2v) is 8.91. The quantitative estimate of drug-likeness (QED) is 0.203. The Morgan fingerprint density at radius 3 is 2.22 bits per heavy atom. The highest BCUT2D eigenvalue weighted by molar-refractivity contribution is 7.80. The number of hydrogen-bond acceptors (Lipinski definition) is 7. The van der Waals surface area contributed by atoms with Crippen LogP contribution in [0.25, 0.3) is 0 Å². The summed E-state index contributed by atoms with van der Waals surface area (Å²) in [6.07, 6.45) is 1.13. The van der Waals surface area contributed by atoms with Crippen LogP contribution in [0.5, 0.6) is 0 Å². The number of likely N-dealkylation sites (tertiary alicyclic amines) is 1. The Bertz CT molecular complexity index is 717. The van der Waals surface area contributed by atoms with Crippen LogP contribution in [0, 0.1) is 11.8 Å². The van der Waals surface area contributed by atoms with Gasteiger partial charge in [-0.25, -0.2) is 4.79 Å². The molecule has 6 N–H and O–H groups in total. The number of rotatable bonds is 11. The van der Waals surface area contributed by atoms with Crippen LogP contribution < -0.4 is 21.7 Å². The lowest BCUT2D eigenvalue weighted by Gasteiger charge is -2.28. The van der Waals surface area contributed by atoms with Gasteiger partial charge < -0.3 is 31.7 Å². The molecule has 4 atom stereocenters. The van der Waals surface area contributed by atoms with Crippen LogP contribution in [0.3, 0.4) is 0 Å².